The van der Waals surface area contributed by atoms with Crippen LogP contribution in [0.15, 0.2) is 16.7 Å². The van der Waals surface area contributed by atoms with Crippen LogP contribution in [0.1, 0.15) is 16.1 Å². The standard InChI is InChI=1S/C6H6INO2/c1-4-2-3-10-5(4)6(9)8-7/h2-3H,1H3,(H,8,9). The number of carbonyl (C=O) groups excluding carboxylic acids is 1. The molecular formula is C6H6INO2. The van der Waals surface area contributed by atoms with Gasteiger partial charge in [0.05, 0.1) is 29.1 Å². The minimum atomic E-state index is -0.192. The predicted molar refractivity (Wildman–Crippen MR) is 44.9 cm³/mol. The van der Waals surface area contributed by atoms with Crippen LogP contribution in [0.4, 0.5) is 0 Å². The third-order valence-electron chi connectivity index (χ3n) is 1.15. The van der Waals surface area contributed by atoms with Gasteiger partial charge in [0.25, 0.3) is 5.91 Å². The molecule has 3 nitrogen and oxygen atoms in total. The highest BCUT2D eigenvalue weighted by Gasteiger charge is 2.09. The fraction of sp³-hybridized carbons (Fsp3) is 0.167. The van der Waals surface area contributed by atoms with Crippen LogP contribution in [0.2, 0.25) is 0 Å². The average Bonchev–Trinajstić information content (AvgIpc) is 2.34. The van der Waals surface area contributed by atoms with Crippen molar-refractivity contribution >= 4 is 28.8 Å². The Morgan fingerprint density at radius 2 is 2.50 bits per heavy atom. The van der Waals surface area contributed by atoms with E-state index in [1.807, 2.05) is 6.92 Å². The minimum Gasteiger partial charge on any atom is -0.459 e. The molecule has 1 aromatic rings. The second-order valence-corrected chi connectivity index (χ2v) is 2.40. The molecule has 1 rings (SSSR count). The second-order valence-electron chi connectivity index (χ2n) is 1.86. The van der Waals surface area contributed by atoms with Gasteiger partial charge in [0.15, 0.2) is 5.76 Å². The molecule has 0 spiro atoms. The highest BCUT2D eigenvalue weighted by molar-refractivity contribution is 14.1. The number of hydrogen-bond donors (Lipinski definition) is 1. The Kier molecular flexibility index (Phi) is 2.31. The van der Waals surface area contributed by atoms with Gasteiger partial charge in [-0.2, -0.15) is 0 Å². The molecule has 0 aliphatic carbocycles. The lowest BCUT2D eigenvalue weighted by atomic mass is 10.3. The molecule has 1 heterocycles. The number of rotatable bonds is 1. The molecule has 0 aliphatic rings. The zero-order valence-electron chi connectivity index (χ0n) is 5.35. The van der Waals surface area contributed by atoms with E-state index >= 15 is 0 Å². The Hall–Kier alpha value is -0.520. The van der Waals surface area contributed by atoms with Gasteiger partial charge in [-0.15, -0.1) is 0 Å². The fourth-order valence-corrected chi connectivity index (χ4v) is 0.893. The van der Waals surface area contributed by atoms with Gasteiger partial charge in [-0.05, 0) is 13.0 Å². The van der Waals surface area contributed by atoms with E-state index in [1.165, 1.54) is 6.26 Å². The fourth-order valence-electron chi connectivity index (χ4n) is 0.648. The predicted octanol–water partition coefficient (Wildman–Crippen LogP) is 1.67. The van der Waals surface area contributed by atoms with Crippen LogP contribution in [0.3, 0.4) is 0 Å². The first-order valence-corrected chi connectivity index (χ1v) is 3.78. The number of furan rings is 1. The summed E-state index contributed by atoms with van der Waals surface area (Å²) in [7, 11) is 0. The van der Waals surface area contributed by atoms with Gasteiger partial charge in [0, 0.05) is 5.56 Å². The van der Waals surface area contributed by atoms with Crippen molar-refractivity contribution in [3.05, 3.63) is 23.7 Å². The maximum Gasteiger partial charge on any atom is 0.295 e. The Bertz CT molecular complexity index is 244. The van der Waals surface area contributed by atoms with Crippen molar-refractivity contribution in [1.29, 1.82) is 0 Å². The molecule has 0 aromatic carbocycles. The van der Waals surface area contributed by atoms with E-state index in [-0.39, 0.29) is 5.91 Å². The van der Waals surface area contributed by atoms with Crippen LogP contribution in [-0.4, -0.2) is 5.91 Å². The Morgan fingerprint density at radius 3 is 2.90 bits per heavy atom. The molecule has 0 bridgehead atoms. The van der Waals surface area contributed by atoms with Crippen LogP contribution in [0.25, 0.3) is 0 Å². The molecule has 1 aromatic heterocycles. The lowest BCUT2D eigenvalue weighted by Crippen LogP contribution is -2.11. The molecule has 10 heavy (non-hydrogen) atoms. The van der Waals surface area contributed by atoms with E-state index in [1.54, 1.807) is 28.9 Å². The van der Waals surface area contributed by atoms with Crippen molar-refractivity contribution in [1.82, 2.24) is 3.53 Å². The number of halogens is 1. The molecule has 0 atom stereocenters. The number of carbonyl (C=O) groups is 1. The molecule has 1 N–H and O–H groups in total. The summed E-state index contributed by atoms with van der Waals surface area (Å²) in [6, 6.07) is 1.75. The molecule has 0 aliphatic heterocycles. The Morgan fingerprint density at radius 1 is 1.80 bits per heavy atom. The van der Waals surface area contributed by atoms with E-state index in [9.17, 15) is 4.79 Å². The lowest BCUT2D eigenvalue weighted by molar-refractivity contribution is 0.0962. The lowest BCUT2D eigenvalue weighted by Gasteiger charge is -1.92. The number of nitrogens with one attached hydrogen (secondary N) is 1. The zero-order chi connectivity index (χ0) is 7.56. The van der Waals surface area contributed by atoms with Crippen LogP contribution in [0.5, 0.6) is 0 Å². The molecule has 0 saturated heterocycles. The van der Waals surface area contributed by atoms with Crippen molar-refractivity contribution in [3.8, 4) is 0 Å². The van der Waals surface area contributed by atoms with E-state index in [4.69, 9.17) is 4.42 Å². The van der Waals surface area contributed by atoms with Crippen LogP contribution in [0, 0.1) is 6.92 Å². The largest absolute Gasteiger partial charge is 0.459 e. The molecule has 0 saturated carbocycles. The summed E-state index contributed by atoms with van der Waals surface area (Å²) in [4.78, 5) is 10.9. The molecule has 0 radical (unpaired) electrons. The molecular weight excluding hydrogens is 245 g/mol. The highest BCUT2D eigenvalue weighted by Crippen LogP contribution is 2.08. The summed E-state index contributed by atoms with van der Waals surface area (Å²) >= 11 is 1.77. The maximum absolute atomic E-state index is 10.9. The second kappa shape index (κ2) is 3.05. The first-order valence-electron chi connectivity index (χ1n) is 2.70. The summed E-state index contributed by atoms with van der Waals surface area (Å²) < 4.78 is 7.35. The van der Waals surface area contributed by atoms with Crippen LogP contribution < -0.4 is 3.53 Å². The number of hydrogen-bond acceptors (Lipinski definition) is 2. The van der Waals surface area contributed by atoms with E-state index in [0.717, 1.165) is 5.56 Å². The summed E-state index contributed by atoms with van der Waals surface area (Å²) in [6.07, 6.45) is 1.50. The van der Waals surface area contributed by atoms with Crippen LogP contribution >= 0.6 is 22.9 Å². The topological polar surface area (TPSA) is 42.2 Å². The molecule has 0 unspecified atom stereocenters. The van der Waals surface area contributed by atoms with E-state index in [2.05, 4.69) is 3.53 Å². The van der Waals surface area contributed by atoms with Crippen molar-refractivity contribution in [2.24, 2.45) is 0 Å². The Labute approximate surface area is 72.3 Å². The van der Waals surface area contributed by atoms with Gasteiger partial charge in [0.2, 0.25) is 0 Å². The summed E-state index contributed by atoms with van der Waals surface area (Å²) in [5.41, 5.74) is 0.856. The average molecular weight is 251 g/mol. The van der Waals surface area contributed by atoms with Gasteiger partial charge >= 0.3 is 0 Å². The van der Waals surface area contributed by atoms with Crippen molar-refractivity contribution in [2.75, 3.05) is 0 Å². The van der Waals surface area contributed by atoms with E-state index in [0.29, 0.717) is 5.76 Å². The summed E-state index contributed by atoms with van der Waals surface area (Å²) in [6.45, 7) is 1.82. The minimum absolute atomic E-state index is 0.192. The van der Waals surface area contributed by atoms with Crippen molar-refractivity contribution in [3.63, 3.8) is 0 Å². The SMILES string of the molecule is Cc1ccoc1C(=O)NI. The van der Waals surface area contributed by atoms with E-state index < -0.39 is 0 Å². The van der Waals surface area contributed by atoms with Gasteiger partial charge in [0.1, 0.15) is 0 Å². The molecule has 0 fully saturated rings. The third kappa shape index (κ3) is 1.31. The summed E-state index contributed by atoms with van der Waals surface area (Å²) in [5, 5.41) is 0. The normalized spacial score (nSPS) is 9.40. The first kappa shape index (κ1) is 7.59. The summed E-state index contributed by atoms with van der Waals surface area (Å²) in [5.74, 6) is 0.192. The number of aryl methyl sites for hydroxylation is 1. The van der Waals surface area contributed by atoms with Gasteiger partial charge in [-0.25, -0.2) is 0 Å². The van der Waals surface area contributed by atoms with Crippen molar-refractivity contribution in [2.45, 2.75) is 6.92 Å². The van der Waals surface area contributed by atoms with Gasteiger partial charge in [-0.3, -0.25) is 8.32 Å². The Balaban J connectivity index is 2.93. The third-order valence-corrected chi connectivity index (χ3v) is 1.64. The number of amides is 1. The van der Waals surface area contributed by atoms with Crippen LogP contribution in [-0.2, 0) is 0 Å². The van der Waals surface area contributed by atoms with Gasteiger partial charge < -0.3 is 4.42 Å². The maximum atomic E-state index is 10.9. The first-order chi connectivity index (χ1) is 4.75. The monoisotopic (exact) mass is 251 g/mol. The van der Waals surface area contributed by atoms with Gasteiger partial charge in [-0.1, -0.05) is 0 Å². The zero-order valence-corrected chi connectivity index (χ0v) is 7.51. The van der Waals surface area contributed by atoms with Crippen molar-refractivity contribution < 1.29 is 9.21 Å². The molecule has 1 amide bonds. The smallest absolute Gasteiger partial charge is 0.295 e. The molecule has 54 valence electrons. The highest BCUT2D eigenvalue weighted by atomic mass is 127. The quantitative estimate of drug-likeness (QED) is 0.609. The molecule has 4 heteroatoms.